The third-order valence-electron chi connectivity index (χ3n) is 2.40. The Balaban J connectivity index is 3.04. The highest BCUT2D eigenvalue weighted by Crippen LogP contribution is 2.32. The minimum atomic E-state index is -4.93. The van der Waals surface area contributed by atoms with Gasteiger partial charge in [0.15, 0.2) is 11.7 Å². The summed E-state index contributed by atoms with van der Waals surface area (Å²) in [6.45, 7) is -1.28. The summed E-state index contributed by atoms with van der Waals surface area (Å²) in [5, 5.41) is 21.2. The molecule has 1 rings (SSSR count). The number of nitrogens with zero attached hydrogens (tertiary/aromatic N) is 2. The standard InChI is InChI=1S/C10H9F4N3O4/c11-6-2-1-3-7(17(19)20)8(6)21-4-5(9(15)16-18)10(12,13)14/h1-3,5,18H,4H2,(H2,15,16). The van der Waals surface area contributed by atoms with E-state index in [4.69, 9.17) is 10.9 Å². The third-order valence-corrected chi connectivity index (χ3v) is 2.40. The molecule has 0 aliphatic carbocycles. The van der Waals surface area contributed by atoms with Gasteiger partial charge < -0.3 is 15.7 Å². The maximum atomic E-state index is 13.4. The fourth-order valence-corrected chi connectivity index (χ4v) is 1.37. The fraction of sp³-hybridized carbons (Fsp3) is 0.300. The summed E-state index contributed by atoms with van der Waals surface area (Å²) in [5.74, 6) is -5.91. The number of para-hydroxylation sites is 1. The van der Waals surface area contributed by atoms with Gasteiger partial charge in [-0.2, -0.15) is 13.2 Å². The Morgan fingerprint density at radius 3 is 2.62 bits per heavy atom. The molecule has 0 fully saturated rings. The molecule has 1 unspecified atom stereocenters. The number of amidine groups is 1. The van der Waals surface area contributed by atoms with E-state index in [-0.39, 0.29) is 0 Å². The Morgan fingerprint density at radius 1 is 1.52 bits per heavy atom. The van der Waals surface area contributed by atoms with Crippen molar-refractivity contribution in [2.24, 2.45) is 16.8 Å². The van der Waals surface area contributed by atoms with Crippen molar-refractivity contribution < 1.29 is 32.4 Å². The topological polar surface area (TPSA) is 111 Å². The van der Waals surface area contributed by atoms with Crippen LogP contribution in [0.3, 0.4) is 0 Å². The summed E-state index contributed by atoms with van der Waals surface area (Å²) in [4.78, 5) is 9.64. The minimum absolute atomic E-state index is 0.786. The summed E-state index contributed by atoms with van der Waals surface area (Å²) >= 11 is 0. The van der Waals surface area contributed by atoms with Gasteiger partial charge in [-0.1, -0.05) is 11.2 Å². The SMILES string of the molecule is N/C(=N/O)C(COc1c(F)cccc1[N+](=O)[O-])C(F)(F)F. The normalized spacial score (nSPS) is 13.8. The summed E-state index contributed by atoms with van der Waals surface area (Å²) in [6, 6.07) is 2.66. The van der Waals surface area contributed by atoms with E-state index in [0.717, 1.165) is 18.2 Å². The molecule has 1 aromatic rings. The Labute approximate surface area is 114 Å². The maximum Gasteiger partial charge on any atom is 0.402 e. The molecule has 0 radical (unpaired) electrons. The molecule has 3 N–H and O–H groups in total. The highest BCUT2D eigenvalue weighted by Gasteiger charge is 2.44. The van der Waals surface area contributed by atoms with Gasteiger partial charge in [-0.15, -0.1) is 0 Å². The van der Waals surface area contributed by atoms with Gasteiger partial charge in [-0.05, 0) is 6.07 Å². The molecule has 0 bridgehead atoms. The van der Waals surface area contributed by atoms with Crippen molar-refractivity contribution in [3.63, 3.8) is 0 Å². The van der Waals surface area contributed by atoms with Crippen LogP contribution in [0.25, 0.3) is 0 Å². The van der Waals surface area contributed by atoms with E-state index in [0.29, 0.717) is 0 Å². The van der Waals surface area contributed by atoms with Crippen LogP contribution in [0.15, 0.2) is 23.4 Å². The lowest BCUT2D eigenvalue weighted by atomic mass is 10.1. The van der Waals surface area contributed by atoms with Crippen molar-refractivity contribution in [3.05, 3.63) is 34.1 Å². The molecule has 0 aliphatic heterocycles. The van der Waals surface area contributed by atoms with Gasteiger partial charge in [0.1, 0.15) is 12.5 Å². The molecular formula is C10H9F4N3O4. The Hall–Kier alpha value is -2.59. The minimum Gasteiger partial charge on any atom is -0.484 e. The van der Waals surface area contributed by atoms with E-state index >= 15 is 0 Å². The Morgan fingerprint density at radius 2 is 2.14 bits per heavy atom. The zero-order valence-corrected chi connectivity index (χ0v) is 10.2. The second kappa shape index (κ2) is 6.24. The smallest absolute Gasteiger partial charge is 0.402 e. The molecule has 7 nitrogen and oxygen atoms in total. The monoisotopic (exact) mass is 311 g/mol. The maximum absolute atomic E-state index is 13.4. The lowest BCUT2D eigenvalue weighted by Gasteiger charge is -2.19. The average Bonchev–Trinajstić information content (AvgIpc) is 2.38. The Bertz CT molecular complexity index is 562. The van der Waals surface area contributed by atoms with E-state index in [1.54, 1.807) is 0 Å². The van der Waals surface area contributed by atoms with E-state index in [2.05, 4.69) is 9.89 Å². The van der Waals surface area contributed by atoms with Crippen molar-refractivity contribution in [1.82, 2.24) is 0 Å². The molecule has 21 heavy (non-hydrogen) atoms. The van der Waals surface area contributed by atoms with Gasteiger partial charge in [0.25, 0.3) is 0 Å². The molecule has 0 saturated carbocycles. The van der Waals surface area contributed by atoms with Crippen LogP contribution in [0.2, 0.25) is 0 Å². The van der Waals surface area contributed by atoms with Crippen LogP contribution in [0.4, 0.5) is 23.2 Å². The lowest BCUT2D eigenvalue weighted by molar-refractivity contribution is -0.386. The zero-order valence-electron chi connectivity index (χ0n) is 10.2. The fourth-order valence-electron chi connectivity index (χ4n) is 1.37. The number of nitro benzene ring substituents is 1. The molecule has 0 aliphatic rings. The third kappa shape index (κ3) is 3.94. The van der Waals surface area contributed by atoms with Gasteiger partial charge in [0.05, 0.1) is 4.92 Å². The number of ether oxygens (including phenoxy) is 1. The molecule has 0 heterocycles. The van der Waals surface area contributed by atoms with E-state index in [1.165, 1.54) is 0 Å². The van der Waals surface area contributed by atoms with Crippen molar-refractivity contribution in [3.8, 4) is 5.75 Å². The highest BCUT2D eigenvalue weighted by molar-refractivity contribution is 5.83. The van der Waals surface area contributed by atoms with Gasteiger partial charge in [-0.25, -0.2) is 4.39 Å². The first-order valence-electron chi connectivity index (χ1n) is 5.28. The molecule has 0 saturated heterocycles. The van der Waals surface area contributed by atoms with E-state index in [9.17, 15) is 27.7 Å². The lowest BCUT2D eigenvalue weighted by Crippen LogP contribution is -2.40. The molecule has 1 atom stereocenters. The van der Waals surface area contributed by atoms with Crippen LogP contribution in [0, 0.1) is 21.8 Å². The van der Waals surface area contributed by atoms with Crippen molar-refractivity contribution >= 4 is 11.5 Å². The van der Waals surface area contributed by atoms with Gasteiger partial charge >= 0.3 is 11.9 Å². The van der Waals surface area contributed by atoms with Crippen molar-refractivity contribution in [2.75, 3.05) is 6.61 Å². The second-order valence-electron chi connectivity index (χ2n) is 3.78. The number of rotatable bonds is 5. The summed E-state index contributed by atoms with van der Waals surface area (Å²) in [6.07, 6.45) is -4.93. The van der Waals surface area contributed by atoms with E-state index in [1.807, 2.05) is 0 Å². The largest absolute Gasteiger partial charge is 0.484 e. The van der Waals surface area contributed by atoms with Gasteiger partial charge in [0.2, 0.25) is 5.75 Å². The quantitative estimate of drug-likeness (QED) is 0.216. The van der Waals surface area contributed by atoms with Crippen LogP contribution in [0.5, 0.6) is 5.75 Å². The molecule has 0 aromatic heterocycles. The number of nitro groups is 1. The van der Waals surface area contributed by atoms with Crippen LogP contribution in [-0.4, -0.2) is 28.7 Å². The number of benzene rings is 1. The van der Waals surface area contributed by atoms with E-state index < -0.39 is 46.7 Å². The van der Waals surface area contributed by atoms with Crippen molar-refractivity contribution in [1.29, 1.82) is 0 Å². The first-order chi connectivity index (χ1) is 9.68. The molecule has 116 valence electrons. The molecule has 11 heteroatoms. The van der Waals surface area contributed by atoms with Crippen LogP contribution in [-0.2, 0) is 0 Å². The predicted octanol–water partition coefficient (Wildman–Crippen LogP) is 2.04. The molecule has 0 spiro atoms. The van der Waals surface area contributed by atoms with Gasteiger partial charge in [-0.3, -0.25) is 10.1 Å². The summed E-state index contributed by atoms with van der Waals surface area (Å²) in [7, 11) is 0. The number of nitrogens with two attached hydrogens (primary N) is 1. The number of halogens is 4. The van der Waals surface area contributed by atoms with Crippen LogP contribution in [0.1, 0.15) is 0 Å². The second-order valence-corrected chi connectivity index (χ2v) is 3.78. The number of alkyl halides is 3. The first kappa shape index (κ1) is 16.5. The molecule has 1 aromatic carbocycles. The predicted molar refractivity (Wildman–Crippen MR) is 61.5 cm³/mol. The number of hydrogen-bond acceptors (Lipinski definition) is 5. The highest BCUT2D eigenvalue weighted by atomic mass is 19.4. The zero-order chi connectivity index (χ0) is 16.2. The first-order valence-corrected chi connectivity index (χ1v) is 5.28. The number of hydrogen-bond donors (Lipinski definition) is 2. The van der Waals surface area contributed by atoms with Gasteiger partial charge in [0, 0.05) is 6.07 Å². The van der Waals surface area contributed by atoms with Crippen LogP contribution < -0.4 is 10.5 Å². The summed E-state index contributed by atoms with van der Waals surface area (Å²) < 4.78 is 55.9. The average molecular weight is 311 g/mol. The summed E-state index contributed by atoms with van der Waals surface area (Å²) in [5.41, 5.74) is 4.04. The van der Waals surface area contributed by atoms with Crippen molar-refractivity contribution in [2.45, 2.75) is 6.18 Å². The Kier molecular flexibility index (Phi) is 4.89. The molecular weight excluding hydrogens is 302 g/mol. The molecule has 0 amide bonds. The number of oxime groups is 1. The van der Waals surface area contributed by atoms with Crippen LogP contribution >= 0.6 is 0 Å².